The van der Waals surface area contributed by atoms with Crippen LogP contribution in [-0.4, -0.2) is 5.97 Å². The number of hydrogen-bond donors (Lipinski definition) is 0. The van der Waals surface area contributed by atoms with E-state index < -0.39 is 0 Å². The minimum Gasteiger partial charge on any atom is -0.432 e. The quantitative estimate of drug-likeness (QED) is 0.232. The number of allylic oxidation sites excluding steroid dienone is 4. The van der Waals surface area contributed by atoms with Crippen molar-refractivity contribution in [3.63, 3.8) is 0 Å². The lowest BCUT2D eigenvalue weighted by atomic mass is 10.1. The van der Waals surface area contributed by atoms with Crippen LogP contribution in [0.1, 0.15) is 72.1 Å². The first-order chi connectivity index (χ1) is 8.70. The van der Waals surface area contributed by atoms with Crippen molar-refractivity contribution in [2.24, 2.45) is 0 Å². The first-order valence-electron chi connectivity index (χ1n) is 7.23. The zero-order valence-corrected chi connectivity index (χ0v) is 12.2. The van der Waals surface area contributed by atoms with Gasteiger partial charge in [-0.15, -0.1) is 0 Å². The van der Waals surface area contributed by atoms with Crippen molar-refractivity contribution in [3.05, 3.63) is 24.0 Å². The predicted octanol–water partition coefficient (Wildman–Crippen LogP) is 5.15. The van der Waals surface area contributed by atoms with Crippen LogP contribution in [0.5, 0.6) is 0 Å². The second kappa shape index (κ2) is 12.4. The highest BCUT2D eigenvalue weighted by atomic mass is 16.5. The fourth-order valence-electron chi connectivity index (χ4n) is 1.65. The maximum atomic E-state index is 11.0. The van der Waals surface area contributed by atoms with Crippen LogP contribution in [-0.2, 0) is 9.53 Å². The van der Waals surface area contributed by atoms with Gasteiger partial charge in [0.25, 0.3) is 0 Å². The SMILES string of the molecule is CCCC=CCCCCC(=CCCC)OC(C)=O. The van der Waals surface area contributed by atoms with Crippen LogP contribution in [0, 0.1) is 0 Å². The van der Waals surface area contributed by atoms with Crippen molar-refractivity contribution in [2.45, 2.75) is 72.1 Å². The normalized spacial score (nSPS) is 12.1. The maximum Gasteiger partial charge on any atom is 0.307 e. The van der Waals surface area contributed by atoms with E-state index in [-0.39, 0.29) is 5.97 Å². The Bertz CT molecular complexity index is 264. The molecule has 0 aromatic carbocycles. The molecule has 2 nitrogen and oxygen atoms in total. The molecule has 0 unspecified atom stereocenters. The van der Waals surface area contributed by atoms with E-state index in [0.29, 0.717) is 0 Å². The van der Waals surface area contributed by atoms with E-state index >= 15 is 0 Å². The summed E-state index contributed by atoms with van der Waals surface area (Å²) in [6, 6.07) is 0. The lowest BCUT2D eigenvalue weighted by molar-refractivity contribution is -0.137. The average molecular weight is 252 g/mol. The van der Waals surface area contributed by atoms with Gasteiger partial charge in [0.1, 0.15) is 5.76 Å². The van der Waals surface area contributed by atoms with Crippen molar-refractivity contribution in [1.29, 1.82) is 0 Å². The van der Waals surface area contributed by atoms with Crippen molar-refractivity contribution in [2.75, 3.05) is 0 Å². The van der Waals surface area contributed by atoms with E-state index in [0.717, 1.165) is 44.3 Å². The van der Waals surface area contributed by atoms with Crippen LogP contribution in [0.4, 0.5) is 0 Å². The Morgan fingerprint density at radius 3 is 2.28 bits per heavy atom. The molecule has 0 saturated carbocycles. The molecule has 0 N–H and O–H groups in total. The van der Waals surface area contributed by atoms with Crippen molar-refractivity contribution in [3.8, 4) is 0 Å². The van der Waals surface area contributed by atoms with E-state index in [9.17, 15) is 4.79 Å². The predicted molar refractivity (Wildman–Crippen MR) is 77.3 cm³/mol. The third-order valence-electron chi connectivity index (χ3n) is 2.60. The van der Waals surface area contributed by atoms with Gasteiger partial charge in [-0.05, 0) is 38.2 Å². The molecule has 0 bridgehead atoms. The number of rotatable bonds is 10. The van der Waals surface area contributed by atoms with Gasteiger partial charge >= 0.3 is 5.97 Å². The third-order valence-corrected chi connectivity index (χ3v) is 2.60. The molecule has 104 valence electrons. The standard InChI is InChI=1S/C16H28O2/c1-4-6-8-9-10-11-12-14-16(13-7-5-2)18-15(3)17/h8-9,13H,4-7,10-12,14H2,1-3H3. The molecule has 0 fully saturated rings. The number of unbranched alkanes of at least 4 members (excludes halogenated alkanes) is 4. The number of hydrogen-bond acceptors (Lipinski definition) is 2. The summed E-state index contributed by atoms with van der Waals surface area (Å²) < 4.78 is 5.20. The monoisotopic (exact) mass is 252 g/mol. The molecule has 0 amide bonds. The van der Waals surface area contributed by atoms with Gasteiger partial charge in [0.15, 0.2) is 0 Å². The largest absolute Gasteiger partial charge is 0.432 e. The Balaban J connectivity index is 3.79. The summed E-state index contributed by atoms with van der Waals surface area (Å²) in [7, 11) is 0. The number of ether oxygens (including phenoxy) is 1. The minimum absolute atomic E-state index is 0.208. The van der Waals surface area contributed by atoms with Crippen LogP contribution >= 0.6 is 0 Å². The Labute approximate surface area is 112 Å². The van der Waals surface area contributed by atoms with Gasteiger partial charge in [-0.25, -0.2) is 0 Å². The molecule has 0 aromatic rings. The number of carbonyl (C=O) groups is 1. The summed E-state index contributed by atoms with van der Waals surface area (Å²) >= 11 is 0. The van der Waals surface area contributed by atoms with E-state index in [1.54, 1.807) is 0 Å². The van der Waals surface area contributed by atoms with E-state index in [2.05, 4.69) is 26.0 Å². The van der Waals surface area contributed by atoms with Gasteiger partial charge in [0.2, 0.25) is 0 Å². The smallest absolute Gasteiger partial charge is 0.307 e. The van der Waals surface area contributed by atoms with E-state index in [1.807, 2.05) is 6.08 Å². The fourth-order valence-corrected chi connectivity index (χ4v) is 1.65. The molecule has 2 heteroatoms. The summed E-state index contributed by atoms with van der Waals surface area (Å²) in [5, 5.41) is 0. The van der Waals surface area contributed by atoms with Gasteiger partial charge in [-0.3, -0.25) is 4.79 Å². The lowest BCUT2D eigenvalue weighted by Gasteiger charge is -2.06. The number of carbonyl (C=O) groups excluding carboxylic acids is 1. The highest BCUT2D eigenvalue weighted by molar-refractivity contribution is 5.67. The first-order valence-corrected chi connectivity index (χ1v) is 7.23. The van der Waals surface area contributed by atoms with Crippen molar-refractivity contribution < 1.29 is 9.53 Å². The molecular weight excluding hydrogens is 224 g/mol. The molecule has 18 heavy (non-hydrogen) atoms. The molecule has 0 saturated heterocycles. The summed E-state index contributed by atoms with van der Waals surface area (Å²) in [5.41, 5.74) is 0. The van der Waals surface area contributed by atoms with Gasteiger partial charge < -0.3 is 4.74 Å². The summed E-state index contributed by atoms with van der Waals surface area (Å²) in [4.78, 5) is 11.0. The second-order valence-electron chi connectivity index (χ2n) is 4.56. The van der Waals surface area contributed by atoms with Gasteiger partial charge in [0, 0.05) is 13.3 Å². The second-order valence-corrected chi connectivity index (χ2v) is 4.56. The van der Waals surface area contributed by atoms with E-state index in [1.165, 1.54) is 19.8 Å². The van der Waals surface area contributed by atoms with Crippen LogP contribution in [0.3, 0.4) is 0 Å². The minimum atomic E-state index is -0.208. The molecule has 0 spiro atoms. The highest BCUT2D eigenvalue weighted by Gasteiger charge is 2.01. The average Bonchev–Trinajstić information content (AvgIpc) is 2.34. The van der Waals surface area contributed by atoms with Crippen LogP contribution in [0.15, 0.2) is 24.0 Å². The van der Waals surface area contributed by atoms with Crippen LogP contribution in [0.2, 0.25) is 0 Å². The first kappa shape index (κ1) is 16.9. The van der Waals surface area contributed by atoms with Crippen LogP contribution < -0.4 is 0 Å². The van der Waals surface area contributed by atoms with Crippen molar-refractivity contribution >= 4 is 5.97 Å². The molecule has 0 aromatic heterocycles. The summed E-state index contributed by atoms with van der Waals surface area (Å²) in [5.74, 6) is 0.641. The molecule has 0 radical (unpaired) electrons. The summed E-state index contributed by atoms with van der Waals surface area (Å²) in [6.07, 6.45) is 15.3. The van der Waals surface area contributed by atoms with E-state index in [4.69, 9.17) is 4.74 Å². The molecular formula is C16H28O2. The van der Waals surface area contributed by atoms with Crippen LogP contribution in [0.25, 0.3) is 0 Å². The zero-order chi connectivity index (χ0) is 13.6. The maximum absolute atomic E-state index is 11.0. The van der Waals surface area contributed by atoms with Gasteiger partial charge in [-0.1, -0.05) is 38.8 Å². The Hall–Kier alpha value is -1.05. The van der Waals surface area contributed by atoms with Gasteiger partial charge in [-0.2, -0.15) is 0 Å². The summed E-state index contributed by atoms with van der Waals surface area (Å²) in [6.45, 7) is 5.78. The topological polar surface area (TPSA) is 26.3 Å². The fraction of sp³-hybridized carbons (Fsp3) is 0.688. The molecule has 0 heterocycles. The molecule has 0 aliphatic rings. The molecule has 0 atom stereocenters. The Kier molecular flexibility index (Phi) is 11.7. The van der Waals surface area contributed by atoms with Gasteiger partial charge in [0.05, 0.1) is 0 Å². The van der Waals surface area contributed by atoms with Crippen molar-refractivity contribution in [1.82, 2.24) is 0 Å². The Morgan fingerprint density at radius 2 is 1.67 bits per heavy atom. The highest BCUT2D eigenvalue weighted by Crippen LogP contribution is 2.13. The Morgan fingerprint density at radius 1 is 1.00 bits per heavy atom. The molecule has 0 rings (SSSR count). The lowest BCUT2D eigenvalue weighted by Crippen LogP contribution is -1.99. The molecule has 0 aliphatic heterocycles. The zero-order valence-electron chi connectivity index (χ0n) is 12.2. The molecule has 0 aliphatic carbocycles. The number of esters is 1. The third kappa shape index (κ3) is 11.4.